The number of rotatable bonds is 9. The van der Waals surface area contributed by atoms with E-state index in [9.17, 15) is 19.2 Å². The lowest BCUT2D eigenvalue weighted by Gasteiger charge is -2.39. The largest absolute Gasteiger partial charge is 0.450 e. The lowest BCUT2D eigenvalue weighted by atomic mass is 9.88. The van der Waals surface area contributed by atoms with Crippen molar-refractivity contribution in [2.24, 2.45) is 12.8 Å². The van der Waals surface area contributed by atoms with Crippen molar-refractivity contribution < 1.29 is 33.4 Å². The van der Waals surface area contributed by atoms with Crippen LogP contribution in [0.4, 0.5) is 9.59 Å². The highest BCUT2D eigenvalue weighted by atomic mass is 16.7. The van der Waals surface area contributed by atoms with Gasteiger partial charge in [0, 0.05) is 39.7 Å². The normalized spacial score (nSPS) is 14.8. The molecule has 14 heteroatoms. The van der Waals surface area contributed by atoms with Crippen molar-refractivity contribution in [2.75, 3.05) is 33.5 Å². The minimum absolute atomic E-state index is 0.180. The number of ether oxygens (including phenoxy) is 3. The molecule has 240 valence electrons. The van der Waals surface area contributed by atoms with E-state index in [0.717, 1.165) is 18.4 Å². The first kappa shape index (κ1) is 32.9. The number of carbonyl (C=O) groups is 4. The fraction of sp³-hybridized carbons (Fsp3) is 0.419. The third-order valence-corrected chi connectivity index (χ3v) is 8.02. The number of amides is 3. The summed E-state index contributed by atoms with van der Waals surface area (Å²) < 4.78 is 16.4. The van der Waals surface area contributed by atoms with Gasteiger partial charge >= 0.3 is 18.2 Å². The van der Waals surface area contributed by atoms with Crippen LogP contribution in [0.25, 0.3) is 11.0 Å². The first-order chi connectivity index (χ1) is 21.4. The standard InChI is InChI=1S/C31H39N7O7/c1-6-43-30(42)37(5)31(3,28(40)38-15-7-8-16-38)22-13-14-24-23(17-22)34-27(36(24)4)25(32)20-9-11-21(12-10-20)26(33)35-29(41)45-18-44-19(2)39/h9-14,17,25H,6-8,15-16,18,32H2,1-5H3,(H2,33,35,41). The Balaban J connectivity index is 1.58. The number of alkyl carbamates (subject to hydrolysis) is 1. The second-order valence-electron chi connectivity index (χ2n) is 10.8. The number of nitrogens with zero attached hydrogens (tertiary/aromatic N) is 4. The predicted molar refractivity (Wildman–Crippen MR) is 164 cm³/mol. The zero-order chi connectivity index (χ0) is 32.9. The molecule has 1 aromatic heterocycles. The van der Waals surface area contributed by atoms with Crippen molar-refractivity contribution in [3.8, 4) is 0 Å². The van der Waals surface area contributed by atoms with Crippen LogP contribution in [-0.2, 0) is 36.4 Å². The molecule has 2 atom stereocenters. The second kappa shape index (κ2) is 13.8. The van der Waals surface area contributed by atoms with Crippen LogP contribution in [-0.4, -0.2) is 82.8 Å². The molecule has 0 radical (unpaired) electrons. The maximum absolute atomic E-state index is 13.9. The average molecular weight is 622 g/mol. The molecule has 2 unspecified atom stereocenters. The summed E-state index contributed by atoms with van der Waals surface area (Å²) >= 11 is 0. The molecule has 2 aromatic carbocycles. The number of amidine groups is 1. The third kappa shape index (κ3) is 6.90. The molecule has 14 nitrogen and oxygen atoms in total. The molecular formula is C31H39N7O7. The summed E-state index contributed by atoms with van der Waals surface area (Å²) in [7, 11) is 3.42. The summed E-state index contributed by atoms with van der Waals surface area (Å²) in [6.07, 6.45) is 0.289. The van der Waals surface area contributed by atoms with Crippen LogP contribution in [0.5, 0.6) is 0 Å². The van der Waals surface area contributed by atoms with Gasteiger partial charge in [0.15, 0.2) is 0 Å². The lowest BCUT2D eigenvalue weighted by molar-refractivity contribution is -0.149. The van der Waals surface area contributed by atoms with Crippen LogP contribution >= 0.6 is 0 Å². The Morgan fingerprint density at radius 3 is 2.38 bits per heavy atom. The zero-order valence-electron chi connectivity index (χ0n) is 26.1. The van der Waals surface area contributed by atoms with E-state index in [1.54, 1.807) is 50.1 Å². The van der Waals surface area contributed by atoms with Crippen molar-refractivity contribution in [1.82, 2.24) is 24.7 Å². The molecule has 2 heterocycles. The molecule has 45 heavy (non-hydrogen) atoms. The van der Waals surface area contributed by atoms with Crippen LogP contribution in [0.1, 0.15) is 62.2 Å². The van der Waals surface area contributed by atoms with Gasteiger partial charge in [-0.3, -0.25) is 25.2 Å². The monoisotopic (exact) mass is 621 g/mol. The summed E-state index contributed by atoms with van der Waals surface area (Å²) in [6, 6.07) is 11.6. The highest BCUT2D eigenvalue weighted by Gasteiger charge is 2.45. The quantitative estimate of drug-likeness (QED) is 0.140. The molecular weight excluding hydrogens is 582 g/mol. The van der Waals surface area contributed by atoms with E-state index in [-0.39, 0.29) is 18.3 Å². The number of carbonyl (C=O) groups excluding carboxylic acids is 4. The number of nitrogens with two attached hydrogens (primary N) is 1. The molecule has 1 fully saturated rings. The Hall–Kier alpha value is -4.98. The number of hydrogen-bond donors (Lipinski definition) is 3. The van der Waals surface area contributed by atoms with Gasteiger partial charge in [0.2, 0.25) is 6.79 Å². The minimum atomic E-state index is -1.33. The van der Waals surface area contributed by atoms with Gasteiger partial charge in [-0.15, -0.1) is 0 Å². The van der Waals surface area contributed by atoms with Gasteiger partial charge < -0.3 is 29.4 Å². The molecule has 4 N–H and O–H groups in total. The van der Waals surface area contributed by atoms with E-state index in [2.05, 4.69) is 10.1 Å². The van der Waals surface area contributed by atoms with Crippen molar-refractivity contribution in [2.45, 2.75) is 45.2 Å². The van der Waals surface area contributed by atoms with Crippen LogP contribution < -0.4 is 11.1 Å². The number of fused-ring (bicyclic) bond motifs is 1. The Kier molecular flexibility index (Phi) is 10.1. The summed E-state index contributed by atoms with van der Waals surface area (Å²) in [5.74, 6) is -0.430. The highest BCUT2D eigenvalue weighted by Crippen LogP contribution is 2.34. The SMILES string of the molecule is CCOC(=O)N(C)C(C)(C(=O)N1CCCC1)c1ccc2c(c1)nc(C(N)c1ccc(C(=N)NC(=O)OCOC(C)=O)cc1)n2C. The number of esters is 1. The van der Waals surface area contributed by atoms with Crippen molar-refractivity contribution in [3.05, 3.63) is 65.0 Å². The lowest BCUT2D eigenvalue weighted by Crippen LogP contribution is -2.55. The summed E-state index contributed by atoms with van der Waals surface area (Å²) in [5, 5.41) is 10.4. The van der Waals surface area contributed by atoms with E-state index in [0.29, 0.717) is 41.1 Å². The Labute approximate surface area is 260 Å². The molecule has 1 aliphatic heterocycles. The van der Waals surface area contributed by atoms with Gasteiger partial charge in [-0.05, 0) is 49.9 Å². The average Bonchev–Trinajstić information content (AvgIpc) is 3.67. The van der Waals surface area contributed by atoms with Crippen LogP contribution in [0.15, 0.2) is 42.5 Å². The van der Waals surface area contributed by atoms with Gasteiger partial charge in [-0.2, -0.15) is 0 Å². The first-order valence-corrected chi connectivity index (χ1v) is 14.6. The second-order valence-corrected chi connectivity index (χ2v) is 10.8. The number of likely N-dealkylation sites (tertiary alicyclic amines) is 1. The Morgan fingerprint density at radius 2 is 1.76 bits per heavy atom. The van der Waals surface area contributed by atoms with E-state index in [1.807, 2.05) is 29.8 Å². The van der Waals surface area contributed by atoms with E-state index < -0.39 is 36.5 Å². The number of imidazole rings is 1. The number of aryl methyl sites for hydroxylation is 1. The van der Waals surface area contributed by atoms with Crippen LogP contribution in [0.3, 0.4) is 0 Å². The number of benzene rings is 2. The number of likely N-dealkylation sites (N-methyl/N-ethyl adjacent to an activating group) is 1. The maximum Gasteiger partial charge on any atom is 0.415 e. The van der Waals surface area contributed by atoms with Gasteiger partial charge in [-0.25, -0.2) is 14.6 Å². The fourth-order valence-electron chi connectivity index (χ4n) is 5.27. The topological polar surface area (TPSA) is 182 Å². The molecule has 3 aromatic rings. The van der Waals surface area contributed by atoms with Gasteiger partial charge in [0.25, 0.3) is 5.91 Å². The van der Waals surface area contributed by atoms with E-state index in [4.69, 9.17) is 25.6 Å². The fourth-order valence-corrected chi connectivity index (χ4v) is 5.27. The summed E-state index contributed by atoms with van der Waals surface area (Å²) in [6.45, 7) is 5.51. The molecule has 3 amide bonds. The third-order valence-electron chi connectivity index (χ3n) is 8.02. The molecule has 0 spiro atoms. The molecule has 4 rings (SSSR count). The van der Waals surface area contributed by atoms with E-state index >= 15 is 0 Å². The molecule has 1 aliphatic rings. The summed E-state index contributed by atoms with van der Waals surface area (Å²) in [5.41, 5.74) is 8.42. The summed E-state index contributed by atoms with van der Waals surface area (Å²) in [4.78, 5) is 57.4. The number of nitrogens with one attached hydrogen (secondary N) is 2. The number of hydrogen-bond acceptors (Lipinski definition) is 10. The predicted octanol–water partition coefficient (Wildman–Crippen LogP) is 3.12. The first-order valence-electron chi connectivity index (χ1n) is 14.6. The van der Waals surface area contributed by atoms with Crippen LogP contribution in [0.2, 0.25) is 0 Å². The Bertz CT molecular complexity index is 1600. The van der Waals surface area contributed by atoms with Crippen molar-refractivity contribution in [1.29, 1.82) is 5.41 Å². The zero-order valence-corrected chi connectivity index (χ0v) is 26.1. The van der Waals surface area contributed by atoms with Gasteiger partial charge in [-0.1, -0.05) is 30.3 Å². The van der Waals surface area contributed by atoms with Crippen molar-refractivity contribution in [3.63, 3.8) is 0 Å². The molecule has 0 bridgehead atoms. The Morgan fingerprint density at radius 1 is 1.09 bits per heavy atom. The molecule has 0 saturated carbocycles. The molecule has 1 saturated heterocycles. The minimum Gasteiger partial charge on any atom is -0.450 e. The maximum atomic E-state index is 13.9. The van der Waals surface area contributed by atoms with Crippen molar-refractivity contribution >= 4 is 40.9 Å². The van der Waals surface area contributed by atoms with Gasteiger partial charge in [0.1, 0.15) is 17.2 Å². The number of aromatic nitrogens is 2. The smallest absolute Gasteiger partial charge is 0.415 e. The highest BCUT2D eigenvalue weighted by molar-refractivity contribution is 6.04. The molecule has 0 aliphatic carbocycles. The van der Waals surface area contributed by atoms with Gasteiger partial charge in [0.05, 0.1) is 23.7 Å². The van der Waals surface area contributed by atoms with E-state index in [1.165, 1.54) is 11.8 Å². The van der Waals surface area contributed by atoms with Crippen LogP contribution in [0, 0.1) is 5.41 Å².